The van der Waals surface area contributed by atoms with Gasteiger partial charge in [0.15, 0.2) is 11.8 Å². The Hall–Kier alpha value is -1.68. The Bertz CT molecular complexity index is 546. The molecule has 6 nitrogen and oxygen atoms in total. The van der Waals surface area contributed by atoms with Crippen molar-refractivity contribution in [1.29, 1.82) is 0 Å². The summed E-state index contributed by atoms with van der Waals surface area (Å²) in [7, 11) is 0. The third-order valence-electron chi connectivity index (χ3n) is 2.84. The first-order valence-corrected chi connectivity index (χ1v) is 6.83. The third-order valence-corrected chi connectivity index (χ3v) is 3.69. The van der Waals surface area contributed by atoms with Crippen molar-refractivity contribution in [3.8, 4) is 0 Å². The van der Waals surface area contributed by atoms with Crippen LogP contribution in [0.3, 0.4) is 0 Å². The van der Waals surface area contributed by atoms with E-state index in [2.05, 4.69) is 10.3 Å². The summed E-state index contributed by atoms with van der Waals surface area (Å²) in [6, 6.07) is 0. The molecule has 2 rings (SSSR count). The van der Waals surface area contributed by atoms with Crippen LogP contribution in [0.25, 0.3) is 0 Å². The molecule has 0 spiro atoms. The lowest BCUT2D eigenvalue weighted by Crippen LogP contribution is -2.35. The summed E-state index contributed by atoms with van der Waals surface area (Å²) in [5, 5.41) is 12.1. The van der Waals surface area contributed by atoms with Crippen LogP contribution >= 0.6 is 11.3 Å². The van der Waals surface area contributed by atoms with Crippen molar-refractivity contribution < 1.29 is 32.6 Å². The highest BCUT2D eigenvalue weighted by Gasteiger charge is 2.35. The molecule has 1 aromatic heterocycles. The monoisotopic (exact) mass is 324 g/mol. The maximum atomic E-state index is 12.3. The molecule has 0 bridgehead atoms. The minimum Gasteiger partial charge on any atom is -0.479 e. The number of carboxylic acid groups (broad SMARTS) is 1. The molecule has 116 valence electrons. The fourth-order valence-corrected chi connectivity index (χ4v) is 2.55. The smallest absolute Gasteiger partial charge is 0.434 e. The minimum atomic E-state index is -4.51. The molecule has 0 radical (unpaired) electrons. The van der Waals surface area contributed by atoms with Gasteiger partial charge >= 0.3 is 12.1 Å². The van der Waals surface area contributed by atoms with E-state index >= 15 is 0 Å². The Morgan fingerprint density at radius 1 is 1.43 bits per heavy atom. The summed E-state index contributed by atoms with van der Waals surface area (Å²) in [6.07, 6.45) is -5.94. The molecule has 1 saturated heterocycles. The van der Waals surface area contributed by atoms with E-state index in [-0.39, 0.29) is 24.4 Å². The van der Waals surface area contributed by atoms with Crippen molar-refractivity contribution in [2.24, 2.45) is 0 Å². The molecule has 0 unspecified atom stereocenters. The van der Waals surface area contributed by atoms with Gasteiger partial charge in [-0.1, -0.05) is 0 Å². The summed E-state index contributed by atoms with van der Waals surface area (Å²) in [4.78, 5) is 25.8. The summed E-state index contributed by atoms with van der Waals surface area (Å²) in [6.45, 7) is -0.156. The molecular formula is C11H11F3N2O4S. The van der Waals surface area contributed by atoms with E-state index in [1.165, 1.54) is 0 Å². The Kier molecular flexibility index (Phi) is 4.47. The van der Waals surface area contributed by atoms with Crippen LogP contribution in [0.5, 0.6) is 0 Å². The fraction of sp³-hybridized carbons (Fsp3) is 0.545. The normalized spacial score (nSPS) is 22.2. The van der Waals surface area contributed by atoms with E-state index < -0.39 is 36.0 Å². The Labute approximate surface area is 120 Å². The highest BCUT2D eigenvalue weighted by molar-refractivity contribution is 7.09. The molecule has 1 aliphatic heterocycles. The number of hydrogen-bond donors (Lipinski definition) is 2. The standard InChI is InChI=1S/C11H11F3N2O4S/c12-11(13,14)7-4-21-8(16-7)3-15-9(17)5-1-2-6(20-5)10(18)19/h4-6H,1-3H2,(H,15,17)(H,18,19)/t5-,6+/m0/s1. The molecule has 21 heavy (non-hydrogen) atoms. The second kappa shape index (κ2) is 5.98. The van der Waals surface area contributed by atoms with Gasteiger partial charge < -0.3 is 15.2 Å². The number of thiazole rings is 1. The molecule has 1 aromatic rings. The molecule has 2 heterocycles. The molecule has 1 aliphatic rings. The van der Waals surface area contributed by atoms with Crippen LogP contribution in [-0.4, -0.2) is 34.2 Å². The fourth-order valence-electron chi connectivity index (χ4n) is 1.81. The van der Waals surface area contributed by atoms with Crippen LogP contribution in [-0.2, 0) is 27.0 Å². The molecule has 10 heteroatoms. The number of carboxylic acids is 1. The number of ether oxygens (including phenoxy) is 1. The van der Waals surface area contributed by atoms with Gasteiger partial charge in [0.2, 0.25) is 5.91 Å². The largest absolute Gasteiger partial charge is 0.479 e. The van der Waals surface area contributed by atoms with E-state index in [1.807, 2.05) is 0 Å². The second-order valence-corrected chi connectivity index (χ2v) is 5.31. The Balaban J connectivity index is 1.85. The molecule has 1 fully saturated rings. The number of rotatable bonds is 4. The number of nitrogens with one attached hydrogen (secondary N) is 1. The van der Waals surface area contributed by atoms with Gasteiger partial charge in [-0.25, -0.2) is 9.78 Å². The lowest BCUT2D eigenvalue weighted by atomic mass is 10.2. The summed E-state index contributed by atoms with van der Waals surface area (Å²) < 4.78 is 42.1. The van der Waals surface area contributed by atoms with Crippen molar-refractivity contribution in [2.75, 3.05) is 0 Å². The van der Waals surface area contributed by atoms with Crippen LogP contribution in [0.1, 0.15) is 23.5 Å². The van der Waals surface area contributed by atoms with Crippen LogP contribution in [0, 0.1) is 0 Å². The van der Waals surface area contributed by atoms with Gasteiger partial charge in [-0.05, 0) is 12.8 Å². The maximum absolute atomic E-state index is 12.3. The van der Waals surface area contributed by atoms with E-state index in [0.717, 1.165) is 16.7 Å². The van der Waals surface area contributed by atoms with Crippen LogP contribution in [0.15, 0.2) is 5.38 Å². The zero-order chi connectivity index (χ0) is 15.6. The number of aliphatic carboxylic acids is 1. The van der Waals surface area contributed by atoms with Crippen molar-refractivity contribution in [3.63, 3.8) is 0 Å². The summed E-state index contributed by atoms with van der Waals surface area (Å²) in [5.41, 5.74) is -1.00. The zero-order valence-electron chi connectivity index (χ0n) is 10.5. The number of carbonyl (C=O) groups is 2. The summed E-state index contributed by atoms with van der Waals surface area (Å²) >= 11 is 0.786. The van der Waals surface area contributed by atoms with E-state index in [4.69, 9.17) is 9.84 Å². The molecule has 0 aromatic carbocycles. The number of amides is 1. The van der Waals surface area contributed by atoms with Crippen molar-refractivity contribution in [2.45, 2.75) is 37.8 Å². The lowest BCUT2D eigenvalue weighted by Gasteiger charge is -2.10. The number of aromatic nitrogens is 1. The third kappa shape index (κ3) is 3.91. The van der Waals surface area contributed by atoms with E-state index in [0.29, 0.717) is 0 Å². The van der Waals surface area contributed by atoms with E-state index in [9.17, 15) is 22.8 Å². The first-order valence-electron chi connectivity index (χ1n) is 5.95. The van der Waals surface area contributed by atoms with Crippen LogP contribution < -0.4 is 5.32 Å². The van der Waals surface area contributed by atoms with Gasteiger partial charge in [0.1, 0.15) is 11.1 Å². The number of halogens is 3. The average Bonchev–Trinajstić information content (AvgIpc) is 3.04. The van der Waals surface area contributed by atoms with E-state index in [1.54, 1.807) is 0 Å². The molecule has 0 aliphatic carbocycles. The topological polar surface area (TPSA) is 88.5 Å². The van der Waals surface area contributed by atoms with Crippen molar-refractivity contribution >= 4 is 23.2 Å². The van der Waals surface area contributed by atoms with Gasteiger partial charge in [0.25, 0.3) is 0 Å². The zero-order valence-corrected chi connectivity index (χ0v) is 11.3. The Morgan fingerprint density at radius 2 is 2.10 bits per heavy atom. The lowest BCUT2D eigenvalue weighted by molar-refractivity contribution is -0.151. The maximum Gasteiger partial charge on any atom is 0.434 e. The number of nitrogens with zero attached hydrogens (tertiary/aromatic N) is 1. The van der Waals surface area contributed by atoms with Gasteiger partial charge in [-0.2, -0.15) is 13.2 Å². The number of hydrogen-bond acceptors (Lipinski definition) is 5. The van der Waals surface area contributed by atoms with Crippen LogP contribution in [0.4, 0.5) is 13.2 Å². The molecule has 2 N–H and O–H groups in total. The Morgan fingerprint density at radius 3 is 2.62 bits per heavy atom. The van der Waals surface area contributed by atoms with Crippen LogP contribution in [0.2, 0.25) is 0 Å². The predicted octanol–water partition coefficient (Wildman–Crippen LogP) is 1.41. The van der Waals surface area contributed by atoms with Crippen molar-refractivity contribution in [3.05, 3.63) is 16.1 Å². The summed E-state index contributed by atoms with van der Waals surface area (Å²) in [5.74, 6) is -1.69. The van der Waals surface area contributed by atoms with Gasteiger partial charge in [-0.3, -0.25) is 4.79 Å². The SMILES string of the molecule is O=C(NCc1nc(C(F)(F)F)cs1)[C@@H]1CC[C@H](C(=O)O)O1. The highest BCUT2D eigenvalue weighted by Crippen LogP contribution is 2.30. The highest BCUT2D eigenvalue weighted by atomic mass is 32.1. The minimum absolute atomic E-state index is 0.114. The molecular weight excluding hydrogens is 313 g/mol. The van der Waals surface area contributed by atoms with Gasteiger partial charge in [0, 0.05) is 5.38 Å². The van der Waals surface area contributed by atoms with Gasteiger partial charge in [0.05, 0.1) is 6.54 Å². The number of carbonyl (C=O) groups excluding carboxylic acids is 1. The molecule has 1 amide bonds. The number of alkyl halides is 3. The first kappa shape index (κ1) is 15.7. The van der Waals surface area contributed by atoms with Gasteiger partial charge in [-0.15, -0.1) is 11.3 Å². The van der Waals surface area contributed by atoms with Crippen molar-refractivity contribution in [1.82, 2.24) is 10.3 Å². The second-order valence-electron chi connectivity index (χ2n) is 4.37. The molecule has 0 saturated carbocycles. The first-order chi connectivity index (χ1) is 9.77. The molecule has 2 atom stereocenters. The predicted molar refractivity (Wildman–Crippen MR) is 64.5 cm³/mol. The quantitative estimate of drug-likeness (QED) is 0.874. The average molecular weight is 324 g/mol.